The molecule has 3 rings (SSSR count). The Bertz CT molecular complexity index is 838. The fourth-order valence-electron chi connectivity index (χ4n) is 2.74. The number of anilines is 1. The number of hydrogen-bond donors (Lipinski definition) is 1. The van der Waals surface area contributed by atoms with Crippen molar-refractivity contribution in [3.05, 3.63) is 46.6 Å². The van der Waals surface area contributed by atoms with E-state index in [0.717, 1.165) is 0 Å². The van der Waals surface area contributed by atoms with E-state index >= 15 is 0 Å². The van der Waals surface area contributed by atoms with Gasteiger partial charge in [0, 0.05) is 45.3 Å². The number of nitrogens with zero attached hydrogens (tertiary/aromatic N) is 4. The van der Waals surface area contributed by atoms with Crippen LogP contribution in [0.3, 0.4) is 0 Å². The number of rotatable bonds is 5. The number of amides is 1. The molecule has 26 heavy (non-hydrogen) atoms. The van der Waals surface area contributed by atoms with Crippen molar-refractivity contribution < 1.29 is 14.3 Å². The standard InChI is InChI=1S/C17H21N5O4/c1-21-7-6-18-14(17(21)24)20-10-12-11-22(8-9-26-12)16(23)13-4-3-5-19-15(13)25-2/h3-7,12H,8-11H2,1-2H3,(H,18,20). The molecule has 9 nitrogen and oxygen atoms in total. The quantitative estimate of drug-likeness (QED) is 0.810. The summed E-state index contributed by atoms with van der Waals surface area (Å²) in [5, 5.41) is 3.00. The predicted octanol–water partition coefficient (Wildman–Crippen LogP) is 0.137. The topological polar surface area (TPSA) is 98.6 Å². The number of ether oxygens (including phenoxy) is 2. The summed E-state index contributed by atoms with van der Waals surface area (Å²) in [4.78, 5) is 34.6. The average molecular weight is 359 g/mol. The summed E-state index contributed by atoms with van der Waals surface area (Å²) in [6.45, 7) is 1.68. The molecule has 0 saturated carbocycles. The highest BCUT2D eigenvalue weighted by Crippen LogP contribution is 2.18. The number of hydrogen-bond acceptors (Lipinski definition) is 7. The van der Waals surface area contributed by atoms with E-state index in [9.17, 15) is 9.59 Å². The second-order valence-electron chi connectivity index (χ2n) is 5.88. The van der Waals surface area contributed by atoms with Gasteiger partial charge in [-0.05, 0) is 12.1 Å². The normalized spacial score (nSPS) is 17.0. The minimum Gasteiger partial charge on any atom is -0.480 e. The van der Waals surface area contributed by atoms with E-state index in [0.29, 0.717) is 37.7 Å². The molecular formula is C17H21N5O4. The fraction of sp³-hybridized carbons (Fsp3) is 0.412. The Balaban J connectivity index is 1.65. The van der Waals surface area contributed by atoms with Crippen LogP contribution in [0, 0.1) is 0 Å². The van der Waals surface area contributed by atoms with Gasteiger partial charge in [-0.3, -0.25) is 9.59 Å². The molecule has 1 unspecified atom stereocenters. The van der Waals surface area contributed by atoms with Gasteiger partial charge in [0.15, 0.2) is 5.82 Å². The summed E-state index contributed by atoms with van der Waals surface area (Å²) in [5.41, 5.74) is 0.207. The minimum atomic E-state index is -0.248. The molecule has 0 bridgehead atoms. The summed E-state index contributed by atoms with van der Waals surface area (Å²) >= 11 is 0. The van der Waals surface area contributed by atoms with Crippen molar-refractivity contribution in [2.75, 3.05) is 38.7 Å². The Hall–Kier alpha value is -2.94. The van der Waals surface area contributed by atoms with Crippen LogP contribution in [0.5, 0.6) is 5.88 Å². The smallest absolute Gasteiger partial charge is 0.293 e. The third-order valence-corrected chi connectivity index (χ3v) is 4.13. The number of aryl methyl sites for hydroxylation is 1. The van der Waals surface area contributed by atoms with Gasteiger partial charge in [0.1, 0.15) is 5.56 Å². The van der Waals surface area contributed by atoms with Gasteiger partial charge in [-0.1, -0.05) is 0 Å². The number of morpholine rings is 1. The number of carbonyl (C=O) groups is 1. The van der Waals surface area contributed by atoms with E-state index < -0.39 is 0 Å². The SMILES string of the molecule is COc1ncccc1C(=O)N1CCOC(CNc2nccn(C)c2=O)C1. The van der Waals surface area contributed by atoms with Gasteiger partial charge in [0.05, 0.1) is 19.8 Å². The molecule has 3 heterocycles. The zero-order valence-corrected chi connectivity index (χ0v) is 14.7. The van der Waals surface area contributed by atoms with E-state index in [4.69, 9.17) is 9.47 Å². The lowest BCUT2D eigenvalue weighted by atomic mass is 10.2. The third-order valence-electron chi connectivity index (χ3n) is 4.13. The summed E-state index contributed by atoms with van der Waals surface area (Å²) in [5.74, 6) is 0.406. The number of methoxy groups -OCH3 is 1. The maximum Gasteiger partial charge on any atom is 0.293 e. The van der Waals surface area contributed by atoms with Crippen LogP contribution in [0.1, 0.15) is 10.4 Å². The van der Waals surface area contributed by atoms with Crippen LogP contribution in [0.2, 0.25) is 0 Å². The Morgan fingerprint density at radius 1 is 1.42 bits per heavy atom. The Morgan fingerprint density at radius 3 is 3.08 bits per heavy atom. The maximum atomic E-state index is 12.8. The van der Waals surface area contributed by atoms with Gasteiger partial charge in [0.2, 0.25) is 5.88 Å². The zero-order valence-electron chi connectivity index (χ0n) is 14.7. The van der Waals surface area contributed by atoms with Gasteiger partial charge < -0.3 is 24.3 Å². The molecule has 0 aliphatic carbocycles. The molecular weight excluding hydrogens is 338 g/mol. The highest BCUT2D eigenvalue weighted by molar-refractivity contribution is 5.96. The van der Waals surface area contributed by atoms with Gasteiger partial charge in [-0.15, -0.1) is 0 Å². The van der Waals surface area contributed by atoms with Gasteiger partial charge in [-0.2, -0.15) is 0 Å². The summed E-state index contributed by atoms with van der Waals surface area (Å²) < 4.78 is 12.3. The molecule has 1 atom stereocenters. The van der Waals surface area contributed by atoms with E-state index in [1.54, 1.807) is 42.7 Å². The Morgan fingerprint density at radius 2 is 2.27 bits per heavy atom. The average Bonchev–Trinajstić information content (AvgIpc) is 2.68. The largest absolute Gasteiger partial charge is 0.480 e. The van der Waals surface area contributed by atoms with Crippen molar-refractivity contribution in [2.45, 2.75) is 6.10 Å². The first-order valence-electron chi connectivity index (χ1n) is 8.25. The van der Waals surface area contributed by atoms with Crippen molar-refractivity contribution in [1.82, 2.24) is 19.4 Å². The Labute approximate surface area is 150 Å². The monoisotopic (exact) mass is 359 g/mol. The maximum absolute atomic E-state index is 12.8. The van der Waals surface area contributed by atoms with Crippen LogP contribution >= 0.6 is 0 Å². The summed E-state index contributed by atoms with van der Waals surface area (Å²) in [7, 11) is 3.15. The lowest BCUT2D eigenvalue weighted by molar-refractivity contribution is -0.0151. The van der Waals surface area contributed by atoms with Crippen LogP contribution in [-0.4, -0.2) is 64.8 Å². The molecule has 1 aliphatic heterocycles. The molecule has 1 aliphatic rings. The zero-order chi connectivity index (χ0) is 18.5. The van der Waals surface area contributed by atoms with Crippen molar-refractivity contribution in [2.24, 2.45) is 7.05 Å². The fourth-order valence-corrected chi connectivity index (χ4v) is 2.74. The molecule has 1 saturated heterocycles. The predicted molar refractivity (Wildman–Crippen MR) is 94.4 cm³/mol. The molecule has 0 spiro atoms. The van der Waals surface area contributed by atoms with Crippen molar-refractivity contribution in [3.63, 3.8) is 0 Å². The highest BCUT2D eigenvalue weighted by atomic mass is 16.5. The molecule has 2 aromatic rings. The first-order valence-corrected chi connectivity index (χ1v) is 8.25. The van der Waals surface area contributed by atoms with E-state index in [1.165, 1.54) is 11.7 Å². The summed E-state index contributed by atoms with van der Waals surface area (Å²) in [6.07, 6.45) is 4.47. The van der Waals surface area contributed by atoms with E-state index in [2.05, 4.69) is 15.3 Å². The Kier molecular flexibility index (Phi) is 5.47. The molecule has 1 fully saturated rings. The van der Waals surface area contributed by atoms with E-state index in [-0.39, 0.29) is 23.4 Å². The van der Waals surface area contributed by atoms with E-state index in [1.807, 2.05) is 0 Å². The number of pyridine rings is 1. The number of aromatic nitrogens is 3. The molecule has 0 radical (unpaired) electrons. The third kappa shape index (κ3) is 3.83. The van der Waals surface area contributed by atoms with Crippen LogP contribution in [-0.2, 0) is 11.8 Å². The lowest BCUT2D eigenvalue weighted by Crippen LogP contribution is -2.48. The molecule has 2 aromatic heterocycles. The summed E-state index contributed by atoms with van der Waals surface area (Å²) in [6, 6.07) is 3.39. The van der Waals surface area contributed by atoms with Gasteiger partial charge in [-0.25, -0.2) is 9.97 Å². The molecule has 9 heteroatoms. The number of carbonyl (C=O) groups excluding carboxylic acids is 1. The first-order chi connectivity index (χ1) is 12.6. The van der Waals surface area contributed by atoms with Crippen LogP contribution in [0.15, 0.2) is 35.5 Å². The lowest BCUT2D eigenvalue weighted by Gasteiger charge is -2.33. The minimum absolute atomic E-state index is 0.156. The van der Waals surface area contributed by atoms with Crippen molar-refractivity contribution in [3.8, 4) is 5.88 Å². The number of nitrogens with one attached hydrogen (secondary N) is 1. The molecule has 1 N–H and O–H groups in total. The van der Waals surface area contributed by atoms with Crippen molar-refractivity contribution in [1.29, 1.82) is 0 Å². The first kappa shape index (κ1) is 17.9. The second-order valence-corrected chi connectivity index (χ2v) is 5.88. The van der Waals surface area contributed by atoms with Crippen LogP contribution < -0.4 is 15.6 Å². The molecule has 1 amide bonds. The molecule has 138 valence electrons. The van der Waals surface area contributed by atoms with Gasteiger partial charge >= 0.3 is 0 Å². The van der Waals surface area contributed by atoms with Gasteiger partial charge in [0.25, 0.3) is 11.5 Å². The van der Waals surface area contributed by atoms with Crippen LogP contribution in [0.4, 0.5) is 5.82 Å². The van der Waals surface area contributed by atoms with Crippen LogP contribution in [0.25, 0.3) is 0 Å². The van der Waals surface area contributed by atoms with Crippen molar-refractivity contribution >= 4 is 11.7 Å². The second kappa shape index (κ2) is 7.96. The molecule has 0 aromatic carbocycles. The highest BCUT2D eigenvalue weighted by Gasteiger charge is 2.27.